The van der Waals surface area contributed by atoms with E-state index in [1.165, 1.54) is 29.7 Å². The monoisotopic (exact) mass is 322 g/mol. The minimum atomic E-state index is 0.540. The van der Waals surface area contributed by atoms with Crippen LogP contribution in [0.15, 0.2) is 48.5 Å². The second kappa shape index (κ2) is 6.96. The van der Waals surface area contributed by atoms with Gasteiger partial charge in [0, 0.05) is 32.1 Å². The van der Waals surface area contributed by atoms with Gasteiger partial charge in [0.2, 0.25) is 0 Å². The molecule has 2 aromatic rings. The van der Waals surface area contributed by atoms with Crippen molar-refractivity contribution in [1.29, 1.82) is 0 Å². The molecule has 126 valence electrons. The summed E-state index contributed by atoms with van der Waals surface area (Å²) in [5, 5.41) is 3.60. The summed E-state index contributed by atoms with van der Waals surface area (Å²) in [6.45, 7) is 5.57. The van der Waals surface area contributed by atoms with Crippen LogP contribution < -0.4 is 10.1 Å². The van der Waals surface area contributed by atoms with E-state index in [1.54, 1.807) is 7.11 Å². The molecule has 0 aromatic heterocycles. The molecule has 2 aromatic carbocycles. The van der Waals surface area contributed by atoms with E-state index in [9.17, 15) is 0 Å². The Morgan fingerprint density at radius 1 is 1.04 bits per heavy atom. The molecule has 0 radical (unpaired) electrons. The normalized spacial score (nSPS) is 23.9. The molecule has 0 spiro atoms. The van der Waals surface area contributed by atoms with Gasteiger partial charge in [-0.2, -0.15) is 0 Å². The van der Waals surface area contributed by atoms with Gasteiger partial charge in [-0.3, -0.25) is 4.90 Å². The van der Waals surface area contributed by atoms with Crippen molar-refractivity contribution in [3.63, 3.8) is 0 Å². The standard InChI is InChI=1S/C21H26N2O/c1-24-21-9-5-4-8-19(21)20-13-22-12-18(20)15-23-11-10-16-6-2-3-7-17(16)14-23/h2-9,18,20,22H,10-15H2,1H3. The molecule has 2 aliphatic rings. The summed E-state index contributed by atoms with van der Waals surface area (Å²) in [6, 6.07) is 17.4. The Morgan fingerprint density at radius 2 is 1.83 bits per heavy atom. The topological polar surface area (TPSA) is 24.5 Å². The Morgan fingerprint density at radius 3 is 2.71 bits per heavy atom. The van der Waals surface area contributed by atoms with Crippen LogP contribution in [0.1, 0.15) is 22.6 Å². The lowest BCUT2D eigenvalue weighted by Gasteiger charge is -2.32. The first-order chi connectivity index (χ1) is 11.8. The summed E-state index contributed by atoms with van der Waals surface area (Å²) in [5.74, 6) is 2.21. The fourth-order valence-corrected chi connectivity index (χ4v) is 4.30. The molecule has 4 rings (SSSR count). The maximum atomic E-state index is 5.60. The molecule has 3 nitrogen and oxygen atoms in total. The summed E-state index contributed by atoms with van der Waals surface area (Å²) in [4.78, 5) is 2.63. The summed E-state index contributed by atoms with van der Waals surface area (Å²) in [5.41, 5.74) is 4.38. The third-order valence-electron chi connectivity index (χ3n) is 5.58. The van der Waals surface area contributed by atoms with E-state index in [1.807, 2.05) is 0 Å². The highest BCUT2D eigenvalue weighted by Crippen LogP contribution is 2.35. The Labute approximate surface area is 144 Å². The molecule has 1 N–H and O–H groups in total. The average molecular weight is 322 g/mol. The van der Waals surface area contributed by atoms with Crippen molar-refractivity contribution in [2.75, 3.05) is 33.3 Å². The van der Waals surface area contributed by atoms with E-state index in [-0.39, 0.29) is 0 Å². The molecule has 0 aliphatic carbocycles. The SMILES string of the molecule is COc1ccccc1C1CNCC1CN1CCc2ccccc2C1. The van der Waals surface area contributed by atoms with Crippen molar-refractivity contribution < 1.29 is 4.74 Å². The lowest BCUT2D eigenvalue weighted by atomic mass is 9.87. The Balaban J connectivity index is 1.48. The minimum Gasteiger partial charge on any atom is -0.496 e. The zero-order chi connectivity index (χ0) is 16.4. The highest BCUT2D eigenvalue weighted by molar-refractivity contribution is 5.37. The zero-order valence-electron chi connectivity index (χ0n) is 14.4. The quantitative estimate of drug-likeness (QED) is 0.936. The summed E-state index contributed by atoms with van der Waals surface area (Å²) in [7, 11) is 1.78. The predicted octanol–water partition coefficient (Wildman–Crippen LogP) is 3.06. The second-order valence-corrected chi connectivity index (χ2v) is 7.02. The second-order valence-electron chi connectivity index (χ2n) is 7.02. The largest absolute Gasteiger partial charge is 0.496 e. The van der Waals surface area contributed by atoms with Gasteiger partial charge in [0.15, 0.2) is 0 Å². The Kier molecular flexibility index (Phi) is 4.54. The summed E-state index contributed by atoms with van der Waals surface area (Å²) < 4.78 is 5.60. The number of rotatable bonds is 4. The average Bonchev–Trinajstić information content (AvgIpc) is 3.09. The molecule has 0 bridgehead atoms. The third kappa shape index (κ3) is 3.06. The molecular weight excluding hydrogens is 296 g/mol. The van der Waals surface area contributed by atoms with Gasteiger partial charge in [-0.25, -0.2) is 0 Å². The molecule has 1 fully saturated rings. The number of hydrogen-bond acceptors (Lipinski definition) is 3. The van der Waals surface area contributed by atoms with E-state index < -0.39 is 0 Å². The van der Waals surface area contributed by atoms with Crippen LogP contribution in [0.4, 0.5) is 0 Å². The maximum absolute atomic E-state index is 5.60. The zero-order valence-corrected chi connectivity index (χ0v) is 14.4. The van der Waals surface area contributed by atoms with Crippen molar-refractivity contribution in [2.24, 2.45) is 5.92 Å². The number of nitrogens with zero attached hydrogens (tertiary/aromatic N) is 1. The van der Waals surface area contributed by atoms with E-state index in [0.717, 1.165) is 31.9 Å². The maximum Gasteiger partial charge on any atom is 0.122 e. The number of fused-ring (bicyclic) bond motifs is 1. The van der Waals surface area contributed by atoms with Crippen LogP contribution in [-0.4, -0.2) is 38.2 Å². The van der Waals surface area contributed by atoms with Gasteiger partial charge >= 0.3 is 0 Å². The molecule has 2 heterocycles. The van der Waals surface area contributed by atoms with Crippen LogP contribution in [0.3, 0.4) is 0 Å². The van der Waals surface area contributed by atoms with Crippen molar-refractivity contribution in [2.45, 2.75) is 18.9 Å². The summed E-state index contributed by atoms with van der Waals surface area (Å²) >= 11 is 0. The Bertz CT molecular complexity index is 700. The van der Waals surface area contributed by atoms with Crippen molar-refractivity contribution >= 4 is 0 Å². The first-order valence-corrected chi connectivity index (χ1v) is 8.98. The lowest BCUT2D eigenvalue weighted by Crippen LogP contribution is -2.36. The van der Waals surface area contributed by atoms with Crippen molar-refractivity contribution in [1.82, 2.24) is 10.2 Å². The number of para-hydroxylation sites is 1. The minimum absolute atomic E-state index is 0.540. The van der Waals surface area contributed by atoms with Gasteiger partial charge in [-0.15, -0.1) is 0 Å². The molecule has 2 aliphatic heterocycles. The smallest absolute Gasteiger partial charge is 0.122 e. The van der Waals surface area contributed by atoms with E-state index in [2.05, 4.69) is 58.7 Å². The van der Waals surface area contributed by atoms with Gasteiger partial charge < -0.3 is 10.1 Å². The van der Waals surface area contributed by atoms with Gasteiger partial charge in [0.05, 0.1) is 7.11 Å². The molecule has 3 heteroatoms. The Hall–Kier alpha value is -1.84. The van der Waals surface area contributed by atoms with Crippen LogP contribution in [0.5, 0.6) is 5.75 Å². The predicted molar refractivity (Wildman–Crippen MR) is 97.5 cm³/mol. The molecule has 1 saturated heterocycles. The molecule has 2 atom stereocenters. The van der Waals surface area contributed by atoms with Crippen LogP contribution in [-0.2, 0) is 13.0 Å². The molecule has 24 heavy (non-hydrogen) atoms. The van der Waals surface area contributed by atoms with E-state index >= 15 is 0 Å². The van der Waals surface area contributed by atoms with Crippen LogP contribution in [0.2, 0.25) is 0 Å². The molecular formula is C21H26N2O. The van der Waals surface area contributed by atoms with Crippen molar-refractivity contribution in [3.8, 4) is 5.75 Å². The number of nitrogens with one attached hydrogen (secondary N) is 1. The number of ether oxygens (including phenoxy) is 1. The van der Waals surface area contributed by atoms with Crippen molar-refractivity contribution in [3.05, 3.63) is 65.2 Å². The van der Waals surface area contributed by atoms with Gasteiger partial charge in [0.25, 0.3) is 0 Å². The van der Waals surface area contributed by atoms with Gasteiger partial charge in [0.1, 0.15) is 5.75 Å². The van der Waals surface area contributed by atoms with Crippen LogP contribution in [0, 0.1) is 5.92 Å². The first-order valence-electron chi connectivity index (χ1n) is 8.98. The van der Waals surface area contributed by atoms with Gasteiger partial charge in [-0.05, 0) is 41.6 Å². The lowest BCUT2D eigenvalue weighted by molar-refractivity contribution is 0.211. The third-order valence-corrected chi connectivity index (χ3v) is 5.58. The number of benzene rings is 2. The van der Waals surface area contributed by atoms with E-state index in [4.69, 9.17) is 4.74 Å². The number of hydrogen-bond donors (Lipinski definition) is 1. The fraction of sp³-hybridized carbons (Fsp3) is 0.429. The van der Waals surface area contributed by atoms with Crippen LogP contribution >= 0.6 is 0 Å². The van der Waals surface area contributed by atoms with Crippen LogP contribution in [0.25, 0.3) is 0 Å². The highest BCUT2D eigenvalue weighted by atomic mass is 16.5. The molecule has 2 unspecified atom stereocenters. The van der Waals surface area contributed by atoms with E-state index in [0.29, 0.717) is 11.8 Å². The number of methoxy groups -OCH3 is 1. The summed E-state index contributed by atoms with van der Waals surface area (Å²) in [6.07, 6.45) is 1.18. The highest BCUT2D eigenvalue weighted by Gasteiger charge is 2.32. The fourth-order valence-electron chi connectivity index (χ4n) is 4.30. The molecule has 0 amide bonds. The van der Waals surface area contributed by atoms with Gasteiger partial charge in [-0.1, -0.05) is 42.5 Å². The first kappa shape index (κ1) is 15.7. The molecule has 0 saturated carbocycles.